The first-order valence-electron chi connectivity index (χ1n) is 11.7. The molecule has 3 aromatic rings. The van der Waals surface area contributed by atoms with Crippen LogP contribution in [0.2, 0.25) is 0 Å². The third kappa shape index (κ3) is 4.96. The highest BCUT2D eigenvalue weighted by Gasteiger charge is 2.13. The van der Waals surface area contributed by atoms with Crippen LogP contribution in [-0.2, 0) is 4.74 Å². The Labute approximate surface area is 205 Å². The van der Waals surface area contributed by atoms with Gasteiger partial charge in [0.25, 0.3) is 0 Å². The first-order chi connectivity index (χ1) is 16.6. The molecule has 2 N–H and O–H groups in total. The molecule has 1 aromatic heterocycles. The van der Waals surface area contributed by atoms with Crippen molar-refractivity contribution in [3.63, 3.8) is 0 Å². The van der Waals surface area contributed by atoms with Crippen LogP contribution in [-0.4, -0.2) is 36.3 Å². The lowest BCUT2D eigenvalue weighted by atomic mass is 10.0. The van der Waals surface area contributed by atoms with E-state index in [4.69, 9.17) is 16.3 Å². The van der Waals surface area contributed by atoms with Crippen molar-refractivity contribution < 1.29 is 4.74 Å². The monoisotopic (exact) mass is 472 g/mol. The van der Waals surface area contributed by atoms with Crippen molar-refractivity contribution in [3.05, 3.63) is 89.2 Å². The summed E-state index contributed by atoms with van der Waals surface area (Å²) in [4.78, 5) is 10.5. The minimum Gasteiger partial charge on any atom is -0.378 e. The Bertz CT molecular complexity index is 1250. The minimum atomic E-state index is 0.783. The number of imidazole rings is 1. The summed E-state index contributed by atoms with van der Waals surface area (Å²) in [5.74, 6) is 0.840. The number of aryl methyl sites for hydroxylation is 1. The quantitative estimate of drug-likeness (QED) is 0.424. The topological polar surface area (TPSA) is 53.2 Å². The number of hydrogen-bond donors (Lipinski definition) is 2. The molecule has 0 bridgehead atoms. The Morgan fingerprint density at radius 3 is 2.71 bits per heavy atom. The van der Waals surface area contributed by atoms with Gasteiger partial charge in [0, 0.05) is 40.8 Å². The zero-order valence-electron chi connectivity index (χ0n) is 19.4. The van der Waals surface area contributed by atoms with Crippen LogP contribution in [0.5, 0.6) is 0 Å². The zero-order chi connectivity index (χ0) is 23.5. The predicted molar refractivity (Wildman–Crippen MR) is 142 cm³/mol. The SMILES string of the molecule is C=C(Nc1ccc(C)c(-c2ncc(C3=CCCC(Cl)=C3)[nH]2)c1)c1ccc(N2CCOCC2)cc1. The molecule has 174 valence electrons. The summed E-state index contributed by atoms with van der Waals surface area (Å²) >= 11 is 6.24. The second-order valence-electron chi connectivity index (χ2n) is 8.71. The average molecular weight is 473 g/mol. The van der Waals surface area contributed by atoms with Gasteiger partial charge in [-0.3, -0.25) is 0 Å². The lowest BCUT2D eigenvalue weighted by Gasteiger charge is -2.29. The van der Waals surface area contributed by atoms with E-state index in [9.17, 15) is 0 Å². The number of nitrogens with zero attached hydrogens (tertiary/aromatic N) is 2. The summed E-state index contributed by atoms with van der Waals surface area (Å²) < 4.78 is 5.45. The van der Waals surface area contributed by atoms with Gasteiger partial charge in [-0.2, -0.15) is 0 Å². The molecule has 0 unspecified atom stereocenters. The number of H-pyrrole nitrogens is 1. The van der Waals surface area contributed by atoms with E-state index in [1.54, 1.807) is 0 Å². The summed E-state index contributed by atoms with van der Waals surface area (Å²) in [6.07, 6.45) is 7.94. The number of allylic oxidation sites excluding steroid dienone is 4. The molecular weight excluding hydrogens is 444 g/mol. The van der Waals surface area contributed by atoms with E-state index in [0.29, 0.717) is 0 Å². The molecule has 0 amide bonds. The van der Waals surface area contributed by atoms with Gasteiger partial charge in [0.2, 0.25) is 0 Å². The van der Waals surface area contributed by atoms with Gasteiger partial charge < -0.3 is 19.9 Å². The molecule has 5 nitrogen and oxygen atoms in total. The first-order valence-corrected chi connectivity index (χ1v) is 12.1. The normalized spacial score (nSPS) is 16.1. The fourth-order valence-corrected chi connectivity index (χ4v) is 4.58. The number of rotatable bonds is 6. The summed E-state index contributed by atoms with van der Waals surface area (Å²) in [6, 6.07) is 14.8. The Morgan fingerprint density at radius 2 is 1.94 bits per heavy atom. The fraction of sp³-hybridized carbons (Fsp3) is 0.250. The number of nitrogens with one attached hydrogen (secondary N) is 2. The summed E-state index contributed by atoms with van der Waals surface area (Å²) in [7, 11) is 0. The van der Waals surface area contributed by atoms with Crippen molar-refractivity contribution in [3.8, 4) is 11.4 Å². The Hall–Kier alpha value is -3.28. The van der Waals surface area contributed by atoms with Gasteiger partial charge in [0.1, 0.15) is 5.82 Å². The highest BCUT2D eigenvalue weighted by molar-refractivity contribution is 6.30. The number of anilines is 2. The molecule has 2 aliphatic rings. The number of benzene rings is 2. The summed E-state index contributed by atoms with van der Waals surface area (Å²) in [5.41, 5.74) is 8.39. The smallest absolute Gasteiger partial charge is 0.138 e. The number of aromatic amines is 1. The van der Waals surface area contributed by atoms with Gasteiger partial charge in [-0.15, -0.1) is 0 Å². The summed E-state index contributed by atoms with van der Waals surface area (Å²) in [5, 5.41) is 4.34. The molecule has 1 saturated heterocycles. The van der Waals surface area contributed by atoms with E-state index in [1.165, 1.54) is 5.69 Å². The number of aromatic nitrogens is 2. The lowest BCUT2D eigenvalue weighted by molar-refractivity contribution is 0.122. The molecule has 0 spiro atoms. The van der Waals surface area contributed by atoms with Crippen LogP contribution in [0.3, 0.4) is 0 Å². The third-order valence-corrected chi connectivity index (χ3v) is 6.62. The lowest BCUT2D eigenvalue weighted by Crippen LogP contribution is -2.36. The number of hydrogen-bond acceptors (Lipinski definition) is 4. The molecule has 1 aliphatic heterocycles. The molecule has 2 heterocycles. The Kier molecular flexibility index (Phi) is 6.57. The van der Waals surface area contributed by atoms with Crippen LogP contribution >= 0.6 is 11.6 Å². The highest BCUT2D eigenvalue weighted by Crippen LogP contribution is 2.30. The Balaban J connectivity index is 1.31. The second-order valence-corrected chi connectivity index (χ2v) is 9.20. The molecule has 1 aliphatic carbocycles. The number of ether oxygens (including phenoxy) is 1. The van der Waals surface area contributed by atoms with Crippen molar-refractivity contribution in [2.45, 2.75) is 19.8 Å². The molecular formula is C28H29ClN4O. The van der Waals surface area contributed by atoms with Crippen LogP contribution in [0.4, 0.5) is 11.4 Å². The zero-order valence-corrected chi connectivity index (χ0v) is 20.2. The van der Waals surface area contributed by atoms with E-state index in [-0.39, 0.29) is 0 Å². The molecule has 2 aromatic carbocycles. The maximum absolute atomic E-state index is 6.24. The molecule has 0 radical (unpaired) electrons. The van der Waals surface area contributed by atoms with Crippen LogP contribution in [0, 0.1) is 6.92 Å². The standard InChI is InChI=1S/C28H29ClN4O/c1-19-6-9-24(17-26(19)28-30-18-27(32-28)22-4-3-5-23(29)16-22)31-20(2)21-7-10-25(11-8-21)33-12-14-34-15-13-33/h4,6-11,16-18,31H,2-3,5,12-15H2,1H3,(H,30,32). The second kappa shape index (κ2) is 9.92. The third-order valence-electron chi connectivity index (χ3n) is 6.33. The van der Waals surface area contributed by atoms with Crippen LogP contribution in [0.25, 0.3) is 22.7 Å². The van der Waals surface area contributed by atoms with Crippen LogP contribution in [0.1, 0.15) is 29.7 Å². The molecule has 6 heteroatoms. The van der Waals surface area contributed by atoms with Gasteiger partial charge in [0.05, 0.1) is 25.1 Å². The Morgan fingerprint density at radius 1 is 1.15 bits per heavy atom. The van der Waals surface area contributed by atoms with E-state index in [0.717, 1.165) is 89.3 Å². The fourth-order valence-electron chi connectivity index (χ4n) is 4.35. The molecule has 0 atom stereocenters. The van der Waals surface area contributed by atoms with Crippen molar-refractivity contribution >= 4 is 34.2 Å². The average Bonchev–Trinajstić information content (AvgIpc) is 3.36. The minimum absolute atomic E-state index is 0.783. The van der Waals surface area contributed by atoms with Crippen molar-refractivity contribution in [1.29, 1.82) is 0 Å². The van der Waals surface area contributed by atoms with E-state index < -0.39 is 0 Å². The number of halogens is 1. The van der Waals surface area contributed by atoms with Crippen molar-refractivity contribution in [2.75, 3.05) is 36.5 Å². The summed E-state index contributed by atoms with van der Waals surface area (Å²) in [6.45, 7) is 9.79. The van der Waals surface area contributed by atoms with Crippen LogP contribution < -0.4 is 10.2 Å². The predicted octanol–water partition coefficient (Wildman–Crippen LogP) is 6.60. The largest absolute Gasteiger partial charge is 0.378 e. The first kappa shape index (κ1) is 22.5. The van der Waals surface area contributed by atoms with Crippen LogP contribution in [0.15, 0.2) is 72.4 Å². The van der Waals surface area contributed by atoms with Gasteiger partial charge in [0.15, 0.2) is 0 Å². The van der Waals surface area contributed by atoms with Gasteiger partial charge in [-0.05, 0) is 66.8 Å². The maximum atomic E-state index is 6.24. The van der Waals surface area contributed by atoms with E-state index in [1.807, 2.05) is 12.3 Å². The van der Waals surface area contributed by atoms with Crippen molar-refractivity contribution in [1.82, 2.24) is 9.97 Å². The maximum Gasteiger partial charge on any atom is 0.138 e. The van der Waals surface area contributed by atoms with Gasteiger partial charge in [-0.1, -0.05) is 42.5 Å². The van der Waals surface area contributed by atoms with Gasteiger partial charge in [-0.25, -0.2) is 4.98 Å². The molecule has 5 rings (SSSR count). The molecule has 1 fully saturated rings. The van der Waals surface area contributed by atoms with Crippen molar-refractivity contribution in [2.24, 2.45) is 0 Å². The van der Waals surface area contributed by atoms with E-state index >= 15 is 0 Å². The van der Waals surface area contributed by atoms with Gasteiger partial charge >= 0.3 is 0 Å². The number of morpholine rings is 1. The molecule has 0 saturated carbocycles. The highest BCUT2D eigenvalue weighted by atomic mass is 35.5. The van der Waals surface area contributed by atoms with E-state index in [2.05, 4.69) is 82.2 Å². The molecule has 34 heavy (non-hydrogen) atoms.